The highest BCUT2D eigenvalue weighted by Gasteiger charge is 2.43. The summed E-state index contributed by atoms with van der Waals surface area (Å²) in [4.78, 5) is 33.5. The van der Waals surface area contributed by atoms with E-state index in [1.54, 1.807) is 18.2 Å². The number of pyridine rings is 1. The van der Waals surface area contributed by atoms with E-state index in [4.69, 9.17) is 9.47 Å². The van der Waals surface area contributed by atoms with Gasteiger partial charge in [0.05, 0.1) is 26.3 Å². The first-order valence-electron chi connectivity index (χ1n) is 16.2. The lowest BCUT2D eigenvalue weighted by Gasteiger charge is -2.40. The van der Waals surface area contributed by atoms with Gasteiger partial charge in [-0.25, -0.2) is 14.2 Å². The maximum atomic E-state index is 15.1. The molecule has 1 aromatic heterocycles. The first kappa shape index (κ1) is 32.8. The molecule has 2 aromatic carbocycles. The van der Waals surface area contributed by atoms with Crippen molar-refractivity contribution in [2.45, 2.75) is 69.7 Å². The number of hydrazine groups is 1. The molecule has 0 spiro atoms. The fraction of sp³-hybridized carbons (Fsp3) is 0.457. The van der Waals surface area contributed by atoms with Gasteiger partial charge in [-0.2, -0.15) is 0 Å². The summed E-state index contributed by atoms with van der Waals surface area (Å²) in [5.74, 6) is -0.808. The van der Waals surface area contributed by atoms with Crippen molar-refractivity contribution in [2.24, 2.45) is 11.8 Å². The van der Waals surface area contributed by atoms with Gasteiger partial charge in [0, 0.05) is 60.3 Å². The molecule has 4 unspecified atom stereocenters. The summed E-state index contributed by atoms with van der Waals surface area (Å²) in [7, 11) is 2.85. The molecule has 3 aliphatic rings. The van der Waals surface area contributed by atoms with Crippen LogP contribution >= 0.6 is 0 Å². The number of nitrogens with one attached hydrogen (secondary N) is 4. The van der Waals surface area contributed by atoms with E-state index in [1.165, 1.54) is 32.4 Å². The molecule has 2 saturated heterocycles. The van der Waals surface area contributed by atoms with E-state index in [0.29, 0.717) is 36.4 Å². The molecular formula is C35H42F2N6O4. The van der Waals surface area contributed by atoms with E-state index in [2.05, 4.69) is 32.5 Å². The number of hydrogen-bond donors (Lipinski definition) is 4. The molecule has 6 atom stereocenters. The van der Waals surface area contributed by atoms with Gasteiger partial charge in [-0.15, -0.1) is 0 Å². The second-order valence-electron chi connectivity index (χ2n) is 12.8. The number of carbonyl (C=O) groups excluding carboxylic acids is 2. The third-order valence-corrected chi connectivity index (χ3v) is 9.81. The van der Waals surface area contributed by atoms with E-state index in [9.17, 15) is 14.0 Å². The van der Waals surface area contributed by atoms with E-state index < -0.39 is 17.7 Å². The van der Waals surface area contributed by atoms with Gasteiger partial charge in [0.15, 0.2) is 11.6 Å². The molecular weight excluding hydrogens is 606 g/mol. The third kappa shape index (κ3) is 7.24. The quantitative estimate of drug-likeness (QED) is 0.270. The molecule has 0 radical (unpaired) electrons. The molecule has 4 N–H and O–H groups in total. The number of ether oxygens (including phenoxy) is 2. The second-order valence-corrected chi connectivity index (χ2v) is 12.8. The Hall–Kier alpha value is -4.13. The number of hydrogen-bond acceptors (Lipinski definition) is 8. The Bertz CT molecular complexity index is 1610. The van der Waals surface area contributed by atoms with Crippen LogP contribution < -0.4 is 31.0 Å². The van der Waals surface area contributed by atoms with Crippen molar-refractivity contribution >= 4 is 17.5 Å². The molecule has 6 rings (SSSR count). The van der Waals surface area contributed by atoms with Crippen LogP contribution in [0, 0.1) is 30.4 Å². The number of rotatable bonds is 9. The van der Waals surface area contributed by atoms with Crippen molar-refractivity contribution < 1.29 is 27.8 Å². The first-order chi connectivity index (χ1) is 22.7. The van der Waals surface area contributed by atoms with Crippen molar-refractivity contribution in [3.05, 3.63) is 83.2 Å². The summed E-state index contributed by atoms with van der Waals surface area (Å²) in [5, 5.41) is 6.08. The molecule has 3 fully saturated rings. The molecule has 0 bridgehead atoms. The van der Waals surface area contributed by atoms with Crippen molar-refractivity contribution in [1.29, 1.82) is 0 Å². The zero-order chi connectivity index (χ0) is 33.1. The van der Waals surface area contributed by atoms with Crippen LogP contribution in [-0.2, 0) is 16.1 Å². The average Bonchev–Trinajstić information content (AvgIpc) is 3.49. The smallest absolute Gasteiger partial charge is 0.241 e. The molecule has 12 heteroatoms. The van der Waals surface area contributed by atoms with Gasteiger partial charge in [0.2, 0.25) is 11.8 Å². The van der Waals surface area contributed by atoms with Crippen molar-refractivity contribution in [2.75, 3.05) is 26.1 Å². The zero-order valence-electron chi connectivity index (χ0n) is 26.9. The molecule has 47 heavy (non-hydrogen) atoms. The highest BCUT2D eigenvalue weighted by Crippen LogP contribution is 2.40. The van der Waals surface area contributed by atoms with Crippen LogP contribution in [-0.4, -0.2) is 60.6 Å². The monoisotopic (exact) mass is 648 g/mol. The van der Waals surface area contributed by atoms with Crippen LogP contribution in [0.25, 0.3) is 0 Å². The molecule has 2 amide bonds. The van der Waals surface area contributed by atoms with Gasteiger partial charge < -0.3 is 20.1 Å². The number of piperidine rings is 1. The summed E-state index contributed by atoms with van der Waals surface area (Å²) >= 11 is 0. The summed E-state index contributed by atoms with van der Waals surface area (Å²) in [6, 6.07) is 12.5. The zero-order valence-corrected chi connectivity index (χ0v) is 26.9. The Balaban J connectivity index is 1.15. The minimum atomic E-state index is -0.645. The number of halogens is 2. The minimum absolute atomic E-state index is 0.00467. The van der Waals surface area contributed by atoms with Crippen LogP contribution in [0.5, 0.6) is 11.5 Å². The van der Waals surface area contributed by atoms with E-state index in [0.717, 1.165) is 30.5 Å². The van der Waals surface area contributed by atoms with E-state index in [1.807, 2.05) is 24.1 Å². The lowest BCUT2D eigenvalue weighted by molar-refractivity contribution is -0.128. The first-order valence-corrected chi connectivity index (χ1v) is 16.2. The van der Waals surface area contributed by atoms with Crippen LogP contribution in [0.2, 0.25) is 0 Å². The Morgan fingerprint density at radius 3 is 2.55 bits per heavy atom. The van der Waals surface area contributed by atoms with Gasteiger partial charge in [0.25, 0.3) is 0 Å². The fourth-order valence-corrected chi connectivity index (χ4v) is 7.39. The Labute approximate surface area is 273 Å². The van der Waals surface area contributed by atoms with Crippen LogP contribution in [0.15, 0.2) is 54.7 Å². The number of amides is 2. The predicted molar refractivity (Wildman–Crippen MR) is 173 cm³/mol. The SMILES string of the molecule is COc1ccc(NC(=O)[C@@H]2CC[C@@H](NC(=O)C3CCC4NNC(c5ccnc(C)c5)C4C3)CN2Cc2c(F)cccc2OC)cc1F. The molecule has 3 aromatic rings. The van der Waals surface area contributed by atoms with Crippen molar-refractivity contribution in [1.82, 2.24) is 26.1 Å². The number of carbonyl (C=O) groups is 2. The second kappa shape index (κ2) is 14.3. The van der Waals surface area contributed by atoms with E-state index in [-0.39, 0.29) is 54.1 Å². The summed E-state index contributed by atoms with van der Waals surface area (Å²) in [6.45, 7) is 2.40. The van der Waals surface area contributed by atoms with Gasteiger partial charge >= 0.3 is 0 Å². The summed E-state index contributed by atoms with van der Waals surface area (Å²) < 4.78 is 39.9. The molecule has 2 aliphatic heterocycles. The third-order valence-electron chi connectivity index (χ3n) is 9.81. The fourth-order valence-electron chi connectivity index (χ4n) is 7.39. The number of benzene rings is 2. The van der Waals surface area contributed by atoms with Crippen molar-refractivity contribution in [3.63, 3.8) is 0 Å². The Morgan fingerprint density at radius 1 is 0.957 bits per heavy atom. The number of fused-ring (bicyclic) bond motifs is 1. The molecule has 1 aliphatic carbocycles. The summed E-state index contributed by atoms with van der Waals surface area (Å²) in [5.41, 5.74) is 9.61. The number of aromatic nitrogens is 1. The molecule has 3 heterocycles. The van der Waals surface area contributed by atoms with Crippen LogP contribution in [0.1, 0.15) is 55.0 Å². The lowest BCUT2D eigenvalue weighted by atomic mass is 9.74. The number of aryl methyl sites for hydroxylation is 1. The number of anilines is 1. The normalized spacial score (nSPS) is 25.9. The van der Waals surface area contributed by atoms with Gasteiger partial charge in [-0.05, 0) is 86.9 Å². The van der Waals surface area contributed by atoms with Crippen LogP contribution in [0.3, 0.4) is 0 Å². The van der Waals surface area contributed by atoms with Gasteiger partial charge in [-0.3, -0.25) is 24.9 Å². The maximum absolute atomic E-state index is 15.1. The standard InChI is InChI=1S/C35H42F2N6O4/c1-20-15-21(13-14-38-20)33-25-16-22(7-10-29(25)41-42-33)34(44)40-24-8-11-30(35(45)39-23-9-12-32(47-3)28(37)17-23)43(18-24)19-26-27(36)5-4-6-31(26)46-2/h4-6,9,12-15,17,22,24-25,29-30,33,41-42H,7-8,10-11,16,18-19H2,1-3H3,(H,39,45)(H,40,44)/t22?,24-,25?,29?,30+,33?/m1/s1. The minimum Gasteiger partial charge on any atom is -0.496 e. The topological polar surface area (TPSA) is 117 Å². The van der Waals surface area contributed by atoms with E-state index >= 15 is 4.39 Å². The molecule has 250 valence electrons. The largest absolute Gasteiger partial charge is 0.496 e. The number of nitrogens with zero attached hydrogens (tertiary/aromatic N) is 2. The van der Waals surface area contributed by atoms with Gasteiger partial charge in [0.1, 0.15) is 11.6 Å². The van der Waals surface area contributed by atoms with Crippen LogP contribution in [0.4, 0.5) is 14.5 Å². The van der Waals surface area contributed by atoms with Crippen molar-refractivity contribution in [3.8, 4) is 11.5 Å². The summed E-state index contributed by atoms with van der Waals surface area (Å²) in [6.07, 6.45) is 5.20. The lowest BCUT2D eigenvalue weighted by Crippen LogP contribution is -2.56. The highest BCUT2D eigenvalue weighted by molar-refractivity contribution is 5.95. The van der Waals surface area contributed by atoms with Gasteiger partial charge in [-0.1, -0.05) is 6.07 Å². The molecule has 10 nitrogen and oxygen atoms in total. The number of methoxy groups -OCH3 is 2. The Kier molecular flexibility index (Phi) is 10.00. The number of likely N-dealkylation sites (tertiary alicyclic amines) is 1. The molecule has 1 saturated carbocycles. The average molecular weight is 649 g/mol. The highest BCUT2D eigenvalue weighted by atomic mass is 19.1. The maximum Gasteiger partial charge on any atom is 0.241 e. The predicted octanol–water partition coefficient (Wildman–Crippen LogP) is 4.41. The Morgan fingerprint density at radius 2 is 1.79 bits per heavy atom.